The van der Waals surface area contributed by atoms with Gasteiger partial charge in [0.25, 0.3) is 17.7 Å². The number of anilines is 3. The zero-order chi connectivity index (χ0) is 53.6. The fraction of sp³-hybridized carbons (Fsp3) is 0.438. The predicted octanol–water partition coefficient (Wildman–Crippen LogP) is 14.9. The fourth-order valence-electron chi connectivity index (χ4n) is 8.41. The lowest BCUT2D eigenvalue weighted by molar-refractivity contribution is -0.0337. The third-order valence-electron chi connectivity index (χ3n) is 11.8. The standard InChI is InChI=1S/C17H18F3N3O2S.C16H16F3N3O2S.C15H14F3N3O2S/c18-17(19,20)26-13-9-5-8-12(10-13)14(24)21-16-23-22-15(25-16)11-6-3-1-2-4-7-11;17-16(18,19)25-12-8-4-7-11(9-12)13(23)20-15-22-21-14(24-15)10-5-2-1-3-6-10;16-15(17,18)24-11-7-3-6-10(8-11)12(22)19-14-21-20-13(23-14)9-4-1-2-5-9/h5,8-11H,1-4,6-7H2,(H,21,23,24);4,7-10H,1-3,5-6H2,(H,20,22,23);3,6-9H,1-2,4-5H2,(H,19,21,22). The number of benzene rings is 3. The second kappa shape index (κ2) is 26.1. The molecule has 0 atom stereocenters. The minimum atomic E-state index is -4.41. The van der Waals surface area contributed by atoms with Gasteiger partial charge in [0, 0.05) is 49.1 Å². The highest BCUT2D eigenvalue weighted by Gasteiger charge is 2.32. The Morgan fingerprint density at radius 1 is 0.400 bits per heavy atom. The van der Waals surface area contributed by atoms with Crippen molar-refractivity contribution in [3.8, 4) is 0 Å². The number of rotatable bonds is 12. The maximum atomic E-state index is 12.5. The molecule has 0 aliphatic heterocycles. The van der Waals surface area contributed by atoms with Crippen molar-refractivity contribution < 1.29 is 67.1 Å². The second-order valence-electron chi connectivity index (χ2n) is 17.4. The van der Waals surface area contributed by atoms with Crippen LogP contribution in [0.15, 0.2) is 101 Å². The molecule has 3 heterocycles. The first-order valence-corrected chi connectivity index (χ1v) is 26.2. The van der Waals surface area contributed by atoms with Crippen LogP contribution in [-0.2, 0) is 0 Å². The van der Waals surface area contributed by atoms with Crippen molar-refractivity contribution in [1.82, 2.24) is 30.6 Å². The predicted molar refractivity (Wildman–Crippen MR) is 259 cm³/mol. The number of alkyl halides is 9. The maximum Gasteiger partial charge on any atom is 0.446 e. The molecule has 3 aliphatic carbocycles. The smallest absolute Gasteiger partial charge is 0.408 e. The monoisotopic (exact) mass is 1110 g/mol. The van der Waals surface area contributed by atoms with Gasteiger partial charge in [-0.15, -0.1) is 15.3 Å². The number of thioether (sulfide) groups is 3. The maximum absolute atomic E-state index is 12.5. The lowest BCUT2D eigenvalue weighted by Gasteiger charge is -2.17. The van der Waals surface area contributed by atoms with E-state index in [-0.39, 0.29) is 102 Å². The van der Waals surface area contributed by atoms with Gasteiger partial charge in [-0.3, -0.25) is 30.3 Å². The molecule has 75 heavy (non-hydrogen) atoms. The summed E-state index contributed by atoms with van der Waals surface area (Å²) in [5.41, 5.74) is -13.0. The van der Waals surface area contributed by atoms with Crippen LogP contribution in [0.1, 0.15) is 163 Å². The van der Waals surface area contributed by atoms with Crippen molar-refractivity contribution in [2.24, 2.45) is 0 Å². The zero-order valence-corrected chi connectivity index (χ0v) is 42.0. The molecule has 3 aromatic carbocycles. The second-order valence-corrected chi connectivity index (χ2v) is 20.8. The number of aromatic nitrogens is 6. The molecular formula is C48H48F9N9O6S3. The topological polar surface area (TPSA) is 204 Å². The molecule has 3 amide bonds. The van der Waals surface area contributed by atoms with Gasteiger partial charge in [0.1, 0.15) is 0 Å². The Morgan fingerprint density at radius 2 is 0.653 bits per heavy atom. The van der Waals surface area contributed by atoms with Crippen molar-refractivity contribution in [2.75, 3.05) is 16.0 Å². The number of hydrogen-bond acceptors (Lipinski definition) is 15. The lowest BCUT2D eigenvalue weighted by atomic mass is 9.89. The fourth-order valence-corrected chi connectivity index (χ4v) is 10.2. The molecule has 0 unspecified atom stereocenters. The zero-order valence-electron chi connectivity index (χ0n) is 39.5. The molecule has 0 saturated heterocycles. The molecule has 27 heteroatoms. The quantitative estimate of drug-likeness (QED) is 0.0592. The molecule has 9 rings (SSSR count). The minimum Gasteiger partial charge on any atom is -0.408 e. The highest BCUT2D eigenvalue weighted by molar-refractivity contribution is 8.00. The van der Waals surface area contributed by atoms with Crippen LogP contribution in [0, 0.1) is 0 Å². The number of nitrogens with zero attached hydrogens (tertiary/aromatic N) is 6. The molecule has 402 valence electrons. The molecule has 3 aliphatic rings. The van der Waals surface area contributed by atoms with Gasteiger partial charge in [-0.25, -0.2) is 0 Å². The number of amides is 3. The van der Waals surface area contributed by atoms with Crippen LogP contribution in [0.2, 0.25) is 0 Å². The van der Waals surface area contributed by atoms with Gasteiger partial charge in [-0.1, -0.05) is 91.3 Å². The van der Waals surface area contributed by atoms with Crippen molar-refractivity contribution in [3.05, 3.63) is 107 Å². The molecule has 0 bridgehead atoms. The largest absolute Gasteiger partial charge is 0.446 e. The van der Waals surface area contributed by atoms with Gasteiger partial charge in [0.05, 0.1) is 0 Å². The summed E-state index contributed by atoms with van der Waals surface area (Å²) in [6.07, 6.45) is 16.1. The molecule has 3 saturated carbocycles. The van der Waals surface area contributed by atoms with Gasteiger partial charge in [0.2, 0.25) is 17.7 Å². The van der Waals surface area contributed by atoms with E-state index in [1.54, 1.807) is 0 Å². The molecule has 3 fully saturated rings. The van der Waals surface area contributed by atoms with Crippen LogP contribution in [0.25, 0.3) is 0 Å². The van der Waals surface area contributed by atoms with E-state index >= 15 is 0 Å². The summed E-state index contributed by atoms with van der Waals surface area (Å²) >= 11 is -0.810. The molecule has 6 aromatic rings. The van der Waals surface area contributed by atoms with Crippen molar-refractivity contribution in [3.63, 3.8) is 0 Å². The molecule has 15 nitrogen and oxygen atoms in total. The Bertz CT molecular complexity index is 2820. The number of carbonyl (C=O) groups excluding carboxylic acids is 3. The first-order chi connectivity index (χ1) is 35.7. The van der Waals surface area contributed by atoms with Gasteiger partial charge in [-0.2, -0.15) is 39.5 Å². The Balaban J connectivity index is 0.000000164. The van der Waals surface area contributed by atoms with Gasteiger partial charge < -0.3 is 13.3 Å². The SMILES string of the molecule is O=C(Nc1nnc(C2CCCC2)o1)c1cccc(SC(F)(F)F)c1.O=C(Nc1nnc(C2CCCCC2)o1)c1cccc(SC(F)(F)F)c1.O=C(Nc1nnc(C2CCCCCC2)o1)c1cccc(SC(F)(F)F)c1. The van der Waals surface area contributed by atoms with E-state index in [1.807, 2.05) is 0 Å². The van der Waals surface area contributed by atoms with Gasteiger partial charge in [0.15, 0.2) is 0 Å². The van der Waals surface area contributed by atoms with Gasteiger partial charge in [-0.05, 0) is 128 Å². The number of carbonyl (C=O) groups is 3. The highest BCUT2D eigenvalue weighted by atomic mass is 32.2. The van der Waals surface area contributed by atoms with Crippen molar-refractivity contribution >= 4 is 71.1 Å². The lowest BCUT2D eigenvalue weighted by Crippen LogP contribution is -2.12. The minimum absolute atomic E-state index is 0.0388. The molecule has 0 spiro atoms. The summed E-state index contributed by atoms with van der Waals surface area (Å²) in [7, 11) is 0. The van der Waals surface area contributed by atoms with E-state index in [9.17, 15) is 53.9 Å². The Hall–Kier alpha value is -6.09. The summed E-state index contributed by atoms with van der Waals surface area (Å²) in [4.78, 5) is 36.4. The first kappa shape index (κ1) is 56.6. The number of halogens is 9. The van der Waals surface area contributed by atoms with E-state index in [0.717, 1.165) is 77.0 Å². The van der Waals surface area contributed by atoms with E-state index in [4.69, 9.17) is 13.3 Å². The van der Waals surface area contributed by atoms with Crippen molar-refractivity contribution in [2.45, 2.75) is 145 Å². The van der Waals surface area contributed by atoms with Crippen molar-refractivity contribution in [1.29, 1.82) is 0 Å². The molecule has 3 aromatic heterocycles. The summed E-state index contributed by atoms with van der Waals surface area (Å²) in [6.45, 7) is 0. The highest BCUT2D eigenvalue weighted by Crippen LogP contribution is 2.40. The third-order valence-corrected chi connectivity index (χ3v) is 14.0. The Kier molecular flexibility index (Phi) is 19.7. The summed E-state index contributed by atoms with van der Waals surface area (Å²) in [6, 6.07) is 15.7. The van der Waals surface area contributed by atoms with Crippen LogP contribution < -0.4 is 16.0 Å². The number of hydrogen-bond donors (Lipinski definition) is 3. The first-order valence-electron chi connectivity index (χ1n) is 23.7. The van der Waals surface area contributed by atoms with Gasteiger partial charge >= 0.3 is 34.6 Å². The van der Waals surface area contributed by atoms with E-state index in [2.05, 4.69) is 46.5 Å². The molecular weight excluding hydrogens is 1070 g/mol. The summed E-state index contributed by atoms with van der Waals surface area (Å²) in [5.74, 6) is 0.329. The van der Waals surface area contributed by atoms with Crippen LogP contribution in [0.3, 0.4) is 0 Å². The average molecular weight is 1110 g/mol. The molecule has 3 N–H and O–H groups in total. The van der Waals surface area contributed by atoms with E-state index in [0.29, 0.717) is 17.7 Å². The third kappa shape index (κ3) is 18.6. The Morgan fingerprint density at radius 3 is 0.920 bits per heavy atom. The molecule has 0 radical (unpaired) electrons. The normalized spacial score (nSPS) is 16.0. The number of nitrogens with one attached hydrogen (secondary N) is 3. The Labute approximate surface area is 435 Å². The van der Waals surface area contributed by atoms with E-state index < -0.39 is 34.2 Å². The van der Waals surface area contributed by atoms with Crippen LogP contribution in [-0.4, -0.2) is 64.8 Å². The van der Waals surface area contributed by atoms with E-state index in [1.165, 1.54) is 92.1 Å². The van der Waals surface area contributed by atoms with Crippen LogP contribution >= 0.6 is 35.3 Å². The summed E-state index contributed by atoms with van der Waals surface area (Å²) < 4.78 is 128. The average Bonchev–Trinajstić information content (AvgIpc) is 4.20. The van der Waals surface area contributed by atoms with Crippen LogP contribution in [0.4, 0.5) is 57.6 Å². The summed E-state index contributed by atoms with van der Waals surface area (Å²) in [5, 5.41) is 30.6. The van der Waals surface area contributed by atoms with Crippen LogP contribution in [0.5, 0.6) is 0 Å².